The van der Waals surface area contributed by atoms with Crippen LogP contribution in [0.5, 0.6) is 0 Å². The summed E-state index contributed by atoms with van der Waals surface area (Å²) in [5.41, 5.74) is -6.30. The first kappa shape index (κ1) is 23.2. The van der Waals surface area contributed by atoms with Gasteiger partial charge in [-0.15, -0.1) is 0 Å². The number of carbonyl (C=O) groups excluding carboxylic acids is 1. The Bertz CT molecular complexity index is 1280. The van der Waals surface area contributed by atoms with Gasteiger partial charge in [-0.25, -0.2) is 27.5 Å². The average Bonchev–Trinajstić information content (AvgIpc) is 3.45. The third-order valence-corrected chi connectivity index (χ3v) is 6.50. The van der Waals surface area contributed by atoms with E-state index in [9.17, 15) is 13.6 Å². The number of nitrogens with zero attached hydrogens (tertiary/aromatic N) is 7. The van der Waals surface area contributed by atoms with E-state index < -0.39 is 54.9 Å². The number of hydrogen-bond acceptors (Lipinski definition) is 6. The summed E-state index contributed by atoms with van der Waals surface area (Å²) in [5.74, 6) is -1.70. The van der Waals surface area contributed by atoms with Gasteiger partial charge in [0.2, 0.25) is 5.95 Å². The molecule has 5 rings (SSSR count). The van der Waals surface area contributed by atoms with Crippen LogP contribution in [0.15, 0.2) is 36.8 Å². The van der Waals surface area contributed by atoms with Gasteiger partial charge in [0.15, 0.2) is 11.3 Å². The number of alkyl halides is 3. The highest BCUT2D eigenvalue weighted by Crippen LogP contribution is 2.46. The van der Waals surface area contributed by atoms with Gasteiger partial charge >= 0.3 is 0 Å². The van der Waals surface area contributed by atoms with Gasteiger partial charge in [0.05, 0.1) is 44.3 Å². The van der Waals surface area contributed by atoms with Gasteiger partial charge in [0.25, 0.3) is 5.91 Å². The van der Waals surface area contributed by atoms with Crippen LogP contribution in [0, 0.1) is 12.7 Å². The van der Waals surface area contributed by atoms with E-state index >= 15 is 8.78 Å². The number of hydrogen-bond donors (Lipinski definition) is 0. The molecule has 2 saturated heterocycles. The van der Waals surface area contributed by atoms with E-state index in [2.05, 4.69) is 20.2 Å². The SMILES string of the molecule is Cc1cnc(N2C[C@]3(F)CN(C(=O)c4c(F)cccc4-n4nccn4)C[C@]3(F)C2)nc1C(C)(C)F. The van der Waals surface area contributed by atoms with Crippen molar-refractivity contribution in [1.82, 2.24) is 29.9 Å². The molecule has 184 valence electrons. The van der Waals surface area contributed by atoms with Gasteiger partial charge in [-0.05, 0) is 38.5 Å². The Kier molecular flexibility index (Phi) is 5.11. The summed E-state index contributed by atoms with van der Waals surface area (Å²) in [4.78, 5) is 25.0. The van der Waals surface area contributed by atoms with Crippen molar-refractivity contribution >= 4 is 11.9 Å². The summed E-state index contributed by atoms with van der Waals surface area (Å²) in [6.07, 6.45) is 4.15. The van der Waals surface area contributed by atoms with Crippen molar-refractivity contribution in [2.75, 3.05) is 31.1 Å². The van der Waals surface area contributed by atoms with Crippen LogP contribution in [-0.2, 0) is 5.67 Å². The summed E-state index contributed by atoms with van der Waals surface area (Å²) < 4.78 is 61.2. The Morgan fingerprint density at radius 2 is 1.69 bits per heavy atom. The molecule has 0 radical (unpaired) electrons. The largest absolute Gasteiger partial charge is 0.334 e. The Hall–Kier alpha value is -3.57. The molecule has 2 aromatic heterocycles. The second-order valence-electron chi connectivity index (χ2n) is 9.57. The molecular formula is C23H23F4N7O. The lowest BCUT2D eigenvalue weighted by atomic mass is 9.94. The van der Waals surface area contributed by atoms with Crippen LogP contribution in [0.25, 0.3) is 5.69 Å². The van der Waals surface area contributed by atoms with Gasteiger partial charge in [-0.1, -0.05) is 6.07 Å². The molecule has 0 aliphatic carbocycles. The topological polar surface area (TPSA) is 80.0 Å². The first-order chi connectivity index (χ1) is 16.4. The van der Waals surface area contributed by atoms with Crippen LogP contribution in [0.1, 0.15) is 35.5 Å². The molecule has 1 aromatic carbocycles. The fraction of sp³-hybridized carbons (Fsp3) is 0.435. The maximum atomic E-state index is 16.0. The van der Waals surface area contributed by atoms with Crippen molar-refractivity contribution < 1.29 is 22.4 Å². The maximum absolute atomic E-state index is 16.0. The molecule has 2 aliphatic rings. The van der Waals surface area contributed by atoms with Gasteiger partial charge in [-0.3, -0.25) is 4.79 Å². The second-order valence-corrected chi connectivity index (χ2v) is 9.57. The third-order valence-electron chi connectivity index (χ3n) is 6.50. The third kappa shape index (κ3) is 3.71. The first-order valence-corrected chi connectivity index (χ1v) is 11.0. The fourth-order valence-corrected chi connectivity index (χ4v) is 4.85. The van der Waals surface area contributed by atoms with Gasteiger partial charge in [0.1, 0.15) is 22.7 Å². The Morgan fingerprint density at radius 3 is 2.29 bits per heavy atom. The number of benzene rings is 1. The second kappa shape index (κ2) is 7.72. The molecule has 0 N–H and O–H groups in total. The molecule has 12 heteroatoms. The number of carbonyl (C=O) groups is 1. The number of anilines is 1. The number of aryl methyl sites for hydroxylation is 1. The van der Waals surface area contributed by atoms with E-state index in [-0.39, 0.29) is 22.9 Å². The molecule has 0 spiro atoms. The average molecular weight is 489 g/mol. The van der Waals surface area contributed by atoms with E-state index in [1.54, 1.807) is 6.92 Å². The normalized spacial score (nSPS) is 24.2. The molecule has 2 atom stereocenters. The molecule has 2 aliphatic heterocycles. The predicted octanol–water partition coefficient (Wildman–Crippen LogP) is 3.10. The molecule has 1 amide bonds. The number of halogens is 4. The number of rotatable bonds is 4. The summed E-state index contributed by atoms with van der Waals surface area (Å²) in [6.45, 7) is 2.29. The zero-order valence-electron chi connectivity index (χ0n) is 19.3. The standard InChI is InChI=1S/C23H23F4N7O/c1-14-9-28-20(31-18(14)21(2,3)25)33-12-22(26)10-32(11-23(22,27)13-33)19(35)17-15(24)5-4-6-16(17)34-29-7-8-30-34/h4-9H,10-13H2,1-3H3/t22-,23+. The van der Waals surface area contributed by atoms with E-state index in [0.29, 0.717) is 5.56 Å². The Labute approximate surface area is 198 Å². The molecule has 2 fully saturated rings. The van der Waals surface area contributed by atoms with Crippen molar-refractivity contribution in [3.8, 4) is 5.69 Å². The summed E-state index contributed by atoms with van der Waals surface area (Å²) in [6, 6.07) is 3.93. The van der Waals surface area contributed by atoms with E-state index in [1.807, 2.05) is 0 Å². The lowest BCUT2D eigenvalue weighted by Crippen LogP contribution is -2.44. The smallest absolute Gasteiger partial charge is 0.259 e. The van der Waals surface area contributed by atoms with Crippen LogP contribution < -0.4 is 4.90 Å². The maximum Gasteiger partial charge on any atom is 0.259 e. The summed E-state index contributed by atoms with van der Waals surface area (Å²) in [5, 5.41) is 7.86. The zero-order chi connectivity index (χ0) is 25.2. The lowest BCUT2D eigenvalue weighted by Gasteiger charge is -2.24. The van der Waals surface area contributed by atoms with Gasteiger partial charge in [-0.2, -0.15) is 15.0 Å². The number of aromatic nitrogens is 5. The molecule has 0 unspecified atom stereocenters. The molecule has 3 aromatic rings. The van der Waals surface area contributed by atoms with Crippen molar-refractivity contribution in [3.05, 3.63) is 59.4 Å². The quantitative estimate of drug-likeness (QED) is 0.524. The van der Waals surface area contributed by atoms with E-state index in [1.165, 1.54) is 49.5 Å². The Balaban J connectivity index is 1.41. The van der Waals surface area contributed by atoms with Crippen molar-refractivity contribution in [1.29, 1.82) is 0 Å². The van der Waals surface area contributed by atoms with Crippen LogP contribution >= 0.6 is 0 Å². The minimum absolute atomic E-state index is 0.0128. The molecule has 35 heavy (non-hydrogen) atoms. The monoisotopic (exact) mass is 489 g/mol. The minimum atomic E-state index is -2.45. The molecular weight excluding hydrogens is 466 g/mol. The molecule has 8 nitrogen and oxygen atoms in total. The van der Waals surface area contributed by atoms with Gasteiger partial charge in [0, 0.05) is 6.20 Å². The van der Waals surface area contributed by atoms with Crippen molar-refractivity contribution in [2.24, 2.45) is 0 Å². The van der Waals surface area contributed by atoms with Gasteiger partial charge < -0.3 is 9.80 Å². The number of amides is 1. The van der Waals surface area contributed by atoms with Crippen LogP contribution in [0.3, 0.4) is 0 Å². The number of fused-ring (bicyclic) bond motifs is 1. The molecule has 4 heterocycles. The van der Waals surface area contributed by atoms with Crippen molar-refractivity contribution in [3.63, 3.8) is 0 Å². The summed E-state index contributed by atoms with van der Waals surface area (Å²) >= 11 is 0. The highest BCUT2D eigenvalue weighted by Gasteiger charge is 2.67. The van der Waals surface area contributed by atoms with Crippen LogP contribution in [0.2, 0.25) is 0 Å². The van der Waals surface area contributed by atoms with Crippen molar-refractivity contribution in [2.45, 2.75) is 37.8 Å². The molecule has 0 saturated carbocycles. The van der Waals surface area contributed by atoms with E-state index in [0.717, 1.165) is 15.8 Å². The van der Waals surface area contributed by atoms with Crippen LogP contribution in [-0.4, -0.2) is 73.3 Å². The summed E-state index contributed by atoms with van der Waals surface area (Å²) in [7, 11) is 0. The highest BCUT2D eigenvalue weighted by molar-refractivity contribution is 5.98. The fourth-order valence-electron chi connectivity index (χ4n) is 4.85. The first-order valence-electron chi connectivity index (χ1n) is 11.0. The zero-order valence-corrected chi connectivity index (χ0v) is 19.3. The Morgan fingerprint density at radius 1 is 1.06 bits per heavy atom. The highest BCUT2D eigenvalue weighted by atomic mass is 19.2. The molecule has 0 bridgehead atoms. The van der Waals surface area contributed by atoms with Crippen LogP contribution in [0.4, 0.5) is 23.5 Å². The lowest BCUT2D eigenvalue weighted by molar-refractivity contribution is 0.0491. The number of likely N-dealkylation sites (tertiary alicyclic amines) is 1. The predicted molar refractivity (Wildman–Crippen MR) is 118 cm³/mol. The minimum Gasteiger partial charge on any atom is -0.334 e. The van der Waals surface area contributed by atoms with E-state index in [4.69, 9.17) is 0 Å².